The summed E-state index contributed by atoms with van der Waals surface area (Å²) in [6, 6.07) is 12.8. The first-order chi connectivity index (χ1) is 17.2. The minimum absolute atomic E-state index is 0.0363. The molecular formula is C24H24N4O6S2. The SMILES string of the molecule is CCOc1cc(C=C2C(=N)N3C(=NC2=O)SN=C3S(C)(=O)=O)ccc1OCCOc1cccc(C)c1. The van der Waals surface area contributed by atoms with E-state index in [1.54, 1.807) is 18.2 Å². The lowest BCUT2D eigenvalue weighted by molar-refractivity contribution is -0.114. The fourth-order valence-corrected chi connectivity index (χ4v) is 5.27. The molecule has 36 heavy (non-hydrogen) atoms. The van der Waals surface area contributed by atoms with E-state index in [0.717, 1.165) is 34.4 Å². The van der Waals surface area contributed by atoms with Crippen LogP contribution in [0, 0.1) is 12.3 Å². The number of fused-ring (bicyclic) bond motifs is 1. The predicted molar refractivity (Wildman–Crippen MR) is 140 cm³/mol. The Morgan fingerprint density at radius 1 is 1.08 bits per heavy atom. The molecule has 188 valence electrons. The average Bonchev–Trinajstić information content (AvgIpc) is 3.25. The van der Waals surface area contributed by atoms with Crippen molar-refractivity contribution in [2.45, 2.75) is 13.8 Å². The van der Waals surface area contributed by atoms with E-state index in [1.807, 2.05) is 38.1 Å². The first-order valence-corrected chi connectivity index (χ1v) is 13.6. The highest BCUT2D eigenvalue weighted by molar-refractivity contribution is 8.16. The summed E-state index contributed by atoms with van der Waals surface area (Å²) in [7, 11) is -3.72. The highest BCUT2D eigenvalue weighted by atomic mass is 32.2. The number of sulfone groups is 1. The molecule has 0 atom stereocenters. The molecule has 0 saturated carbocycles. The number of nitrogens with zero attached hydrogens (tertiary/aromatic N) is 3. The molecule has 2 aromatic rings. The largest absolute Gasteiger partial charge is 0.490 e. The zero-order valence-corrected chi connectivity index (χ0v) is 21.5. The smallest absolute Gasteiger partial charge is 0.283 e. The molecular weight excluding hydrogens is 504 g/mol. The highest BCUT2D eigenvalue weighted by Crippen LogP contribution is 2.32. The molecule has 0 unspecified atom stereocenters. The van der Waals surface area contributed by atoms with E-state index in [0.29, 0.717) is 30.3 Å². The van der Waals surface area contributed by atoms with Crippen molar-refractivity contribution < 1.29 is 27.4 Å². The van der Waals surface area contributed by atoms with Crippen LogP contribution in [0.15, 0.2) is 57.4 Å². The first kappa shape index (κ1) is 25.5. The average molecular weight is 529 g/mol. The van der Waals surface area contributed by atoms with Crippen LogP contribution in [0.25, 0.3) is 6.08 Å². The fourth-order valence-electron chi connectivity index (χ4n) is 3.42. The summed E-state index contributed by atoms with van der Waals surface area (Å²) in [5, 5.41) is 8.17. The second-order valence-corrected chi connectivity index (χ2v) is 10.5. The lowest BCUT2D eigenvalue weighted by Gasteiger charge is -2.23. The van der Waals surface area contributed by atoms with E-state index >= 15 is 0 Å². The predicted octanol–water partition coefficient (Wildman–Crippen LogP) is 3.47. The summed E-state index contributed by atoms with van der Waals surface area (Å²) < 4.78 is 45.2. The van der Waals surface area contributed by atoms with E-state index in [2.05, 4.69) is 9.39 Å². The summed E-state index contributed by atoms with van der Waals surface area (Å²) in [6.07, 6.45) is 2.45. The molecule has 10 nitrogen and oxygen atoms in total. The maximum absolute atomic E-state index is 12.6. The quantitative estimate of drug-likeness (QED) is 0.313. The monoisotopic (exact) mass is 528 g/mol. The summed E-state index contributed by atoms with van der Waals surface area (Å²) in [6.45, 7) is 4.84. The number of rotatable bonds is 8. The van der Waals surface area contributed by atoms with Gasteiger partial charge in [-0.1, -0.05) is 18.2 Å². The standard InChI is InChI=1S/C24H24N4O6S2/c1-4-32-20-14-16(8-9-19(20)34-11-10-33-17-7-5-6-15(2)12-17)13-18-21(25)28-23(26-22(18)29)35-27-24(28)36(3,30)31/h5-9,12-14,25H,4,10-11H2,1-3H3. The first-order valence-electron chi connectivity index (χ1n) is 11.0. The second-order valence-electron chi connectivity index (χ2n) is 7.83. The van der Waals surface area contributed by atoms with E-state index in [1.165, 1.54) is 6.08 Å². The van der Waals surface area contributed by atoms with Crippen LogP contribution in [0.5, 0.6) is 17.2 Å². The van der Waals surface area contributed by atoms with Crippen molar-refractivity contribution in [3.8, 4) is 17.2 Å². The Balaban J connectivity index is 1.51. The van der Waals surface area contributed by atoms with Gasteiger partial charge >= 0.3 is 0 Å². The second kappa shape index (κ2) is 10.5. The van der Waals surface area contributed by atoms with Gasteiger partial charge in [-0.15, -0.1) is 0 Å². The van der Waals surface area contributed by atoms with Crippen LogP contribution < -0.4 is 14.2 Å². The number of aryl methyl sites for hydroxylation is 1. The van der Waals surface area contributed by atoms with Gasteiger partial charge in [-0.3, -0.25) is 10.2 Å². The Morgan fingerprint density at radius 2 is 1.86 bits per heavy atom. The summed E-state index contributed by atoms with van der Waals surface area (Å²) in [5.74, 6) is 0.744. The third kappa shape index (κ3) is 5.60. The minimum Gasteiger partial charge on any atom is -0.490 e. The number of hydrogen-bond donors (Lipinski definition) is 1. The summed E-state index contributed by atoms with van der Waals surface area (Å²) in [5.41, 5.74) is 1.59. The Kier molecular flexibility index (Phi) is 7.45. The topological polar surface area (TPSA) is 131 Å². The van der Waals surface area contributed by atoms with Gasteiger partial charge in [0.1, 0.15) is 24.8 Å². The van der Waals surface area contributed by atoms with Crippen LogP contribution in [-0.4, -0.2) is 61.5 Å². The van der Waals surface area contributed by atoms with Crippen molar-refractivity contribution >= 4 is 49.9 Å². The van der Waals surface area contributed by atoms with E-state index in [4.69, 9.17) is 19.6 Å². The Hall–Kier alpha value is -3.64. The molecule has 2 aliphatic heterocycles. The van der Waals surface area contributed by atoms with Crippen molar-refractivity contribution in [2.24, 2.45) is 9.39 Å². The van der Waals surface area contributed by atoms with Crippen LogP contribution in [0.1, 0.15) is 18.1 Å². The number of aliphatic imine (C=N–C) groups is 1. The molecule has 1 amide bonds. The van der Waals surface area contributed by atoms with Crippen LogP contribution in [0.3, 0.4) is 0 Å². The van der Waals surface area contributed by atoms with Gasteiger partial charge in [-0.05, 0) is 55.3 Å². The molecule has 0 fully saturated rings. The van der Waals surface area contributed by atoms with E-state index in [-0.39, 0.29) is 28.4 Å². The Bertz CT molecular complexity index is 1420. The zero-order chi connectivity index (χ0) is 25.9. The van der Waals surface area contributed by atoms with Gasteiger partial charge < -0.3 is 14.2 Å². The molecule has 0 saturated heterocycles. The normalized spacial score (nSPS) is 16.5. The minimum atomic E-state index is -3.72. The van der Waals surface area contributed by atoms with Gasteiger partial charge in [0.05, 0.1) is 24.1 Å². The van der Waals surface area contributed by atoms with Gasteiger partial charge in [-0.25, -0.2) is 13.3 Å². The fraction of sp³-hybridized carbons (Fsp3) is 0.250. The molecule has 1 N–H and O–H groups in total. The van der Waals surface area contributed by atoms with Crippen molar-refractivity contribution in [1.82, 2.24) is 4.90 Å². The third-order valence-corrected chi connectivity index (χ3v) is 6.76. The van der Waals surface area contributed by atoms with Gasteiger partial charge in [0, 0.05) is 6.26 Å². The van der Waals surface area contributed by atoms with Gasteiger partial charge in [-0.2, -0.15) is 9.39 Å². The lowest BCUT2D eigenvalue weighted by Crippen LogP contribution is -2.45. The molecule has 2 aromatic carbocycles. The molecule has 0 spiro atoms. The number of amides is 1. The van der Waals surface area contributed by atoms with Gasteiger partial charge in [0.25, 0.3) is 5.91 Å². The van der Waals surface area contributed by atoms with Crippen LogP contribution in [0.2, 0.25) is 0 Å². The molecule has 0 aliphatic carbocycles. The van der Waals surface area contributed by atoms with Crippen molar-refractivity contribution in [3.05, 3.63) is 59.2 Å². The van der Waals surface area contributed by atoms with Gasteiger partial charge in [0.2, 0.25) is 20.2 Å². The number of ether oxygens (including phenoxy) is 3. The Labute approximate surface area is 213 Å². The number of amidine groups is 3. The van der Waals surface area contributed by atoms with Gasteiger partial charge in [0.15, 0.2) is 11.5 Å². The van der Waals surface area contributed by atoms with Crippen molar-refractivity contribution in [3.63, 3.8) is 0 Å². The Morgan fingerprint density at radius 3 is 2.58 bits per heavy atom. The molecule has 0 bridgehead atoms. The van der Waals surface area contributed by atoms with Crippen LogP contribution >= 0.6 is 11.9 Å². The molecule has 2 aliphatic rings. The maximum atomic E-state index is 12.6. The molecule has 0 aromatic heterocycles. The number of nitrogens with one attached hydrogen (secondary N) is 1. The summed E-state index contributed by atoms with van der Waals surface area (Å²) >= 11 is 0.746. The van der Waals surface area contributed by atoms with E-state index in [9.17, 15) is 13.2 Å². The van der Waals surface area contributed by atoms with E-state index < -0.39 is 15.7 Å². The summed E-state index contributed by atoms with van der Waals surface area (Å²) in [4.78, 5) is 17.6. The highest BCUT2D eigenvalue weighted by Gasteiger charge is 2.41. The van der Waals surface area contributed by atoms with Crippen LogP contribution in [-0.2, 0) is 14.6 Å². The van der Waals surface area contributed by atoms with Crippen LogP contribution in [0.4, 0.5) is 0 Å². The maximum Gasteiger partial charge on any atom is 0.283 e. The van der Waals surface area contributed by atoms with Crippen molar-refractivity contribution in [1.29, 1.82) is 5.41 Å². The lowest BCUT2D eigenvalue weighted by atomic mass is 10.1. The third-order valence-electron chi connectivity index (χ3n) is 5.00. The molecule has 12 heteroatoms. The number of carbonyl (C=O) groups excluding carboxylic acids is 1. The number of hydrogen-bond acceptors (Lipinski definition) is 9. The zero-order valence-electron chi connectivity index (χ0n) is 19.8. The number of carbonyl (C=O) groups is 1. The number of benzene rings is 2. The molecule has 2 heterocycles. The molecule has 0 radical (unpaired) electrons. The molecule has 4 rings (SSSR count). The van der Waals surface area contributed by atoms with Crippen molar-refractivity contribution in [2.75, 3.05) is 26.1 Å².